The van der Waals surface area contributed by atoms with E-state index in [1.165, 1.54) is 11.3 Å². The molecule has 3 heterocycles. The molecule has 1 fully saturated rings. The highest BCUT2D eigenvalue weighted by molar-refractivity contribution is 7.08. The summed E-state index contributed by atoms with van der Waals surface area (Å²) in [7, 11) is 1.60. The molecule has 9 nitrogen and oxygen atoms in total. The van der Waals surface area contributed by atoms with Gasteiger partial charge in [-0.3, -0.25) is 14.6 Å². The first-order valence-electron chi connectivity index (χ1n) is 12.6. The van der Waals surface area contributed by atoms with Crippen LogP contribution in [0.4, 0.5) is 4.79 Å². The molecule has 1 aromatic heterocycles. The van der Waals surface area contributed by atoms with Gasteiger partial charge in [0.15, 0.2) is 0 Å². The van der Waals surface area contributed by atoms with Gasteiger partial charge in [0.1, 0.15) is 5.75 Å². The lowest BCUT2D eigenvalue weighted by Gasteiger charge is -2.42. The SMILES string of the molecule is CCOC(=O)C1=C(CN2CCN(C(=O)c3ccc(OC)cc3)C(C)C2)N(CC)C(=O)NC1c1ccsc1. The van der Waals surface area contributed by atoms with Crippen molar-refractivity contribution in [3.8, 4) is 5.75 Å². The standard InChI is InChI=1S/C27H34N4O5S/c1-5-30-22(23(26(33)36-6-2)24(28-27(30)34)20-11-14-37-17-20)16-29-12-13-31(18(3)15-29)25(32)19-7-9-21(35-4)10-8-19/h7-11,14,17-18,24H,5-6,12-13,15-16H2,1-4H3,(H,28,34). The molecular formula is C27H34N4O5S. The summed E-state index contributed by atoms with van der Waals surface area (Å²) in [6.45, 7) is 8.54. The highest BCUT2D eigenvalue weighted by atomic mass is 32.1. The van der Waals surface area contributed by atoms with Gasteiger partial charge in [-0.1, -0.05) is 0 Å². The third kappa shape index (κ3) is 5.65. The number of amides is 3. The summed E-state index contributed by atoms with van der Waals surface area (Å²) in [6.07, 6.45) is 0. The lowest BCUT2D eigenvalue weighted by atomic mass is 9.95. The maximum Gasteiger partial charge on any atom is 0.338 e. The summed E-state index contributed by atoms with van der Waals surface area (Å²) >= 11 is 1.51. The van der Waals surface area contributed by atoms with Gasteiger partial charge in [-0.2, -0.15) is 11.3 Å². The molecule has 1 N–H and O–H groups in total. The van der Waals surface area contributed by atoms with Crippen LogP contribution in [0.5, 0.6) is 5.75 Å². The molecule has 10 heteroatoms. The lowest BCUT2D eigenvalue weighted by Crippen LogP contribution is -2.56. The zero-order valence-electron chi connectivity index (χ0n) is 21.7. The second-order valence-electron chi connectivity index (χ2n) is 9.08. The van der Waals surface area contributed by atoms with Crippen LogP contribution in [-0.4, -0.2) is 85.1 Å². The fraction of sp³-hybridized carbons (Fsp3) is 0.444. The number of esters is 1. The number of hydrogen-bond donors (Lipinski definition) is 1. The van der Waals surface area contributed by atoms with Crippen molar-refractivity contribution < 1.29 is 23.9 Å². The number of nitrogens with zero attached hydrogens (tertiary/aromatic N) is 3. The maximum atomic E-state index is 13.2. The van der Waals surface area contributed by atoms with Crippen molar-refractivity contribution >= 4 is 29.2 Å². The largest absolute Gasteiger partial charge is 0.497 e. The van der Waals surface area contributed by atoms with E-state index in [4.69, 9.17) is 9.47 Å². The van der Waals surface area contributed by atoms with Crippen molar-refractivity contribution in [3.63, 3.8) is 0 Å². The Balaban J connectivity index is 1.57. The first-order valence-corrected chi connectivity index (χ1v) is 13.5. The van der Waals surface area contributed by atoms with Crippen molar-refractivity contribution in [1.82, 2.24) is 20.0 Å². The molecule has 37 heavy (non-hydrogen) atoms. The Bertz CT molecular complexity index is 1150. The van der Waals surface area contributed by atoms with Crippen molar-refractivity contribution in [2.75, 3.05) is 46.4 Å². The molecule has 2 aliphatic rings. The van der Waals surface area contributed by atoms with Crippen LogP contribution in [-0.2, 0) is 9.53 Å². The number of ether oxygens (including phenoxy) is 2. The molecule has 198 valence electrons. The molecular weight excluding hydrogens is 492 g/mol. The van der Waals surface area contributed by atoms with Gasteiger partial charge < -0.3 is 19.7 Å². The molecule has 0 radical (unpaired) electrons. The van der Waals surface area contributed by atoms with E-state index >= 15 is 0 Å². The minimum Gasteiger partial charge on any atom is -0.497 e. The van der Waals surface area contributed by atoms with Crippen LogP contribution in [0.3, 0.4) is 0 Å². The summed E-state index contributed by atoms with van der Waals surface area (Å²) in [5.41, 5.74) is 2.60. The Labute approximate surface area is 221 Å². The third-order valence-corrected chi connectivity index (χ3v) is 7.51. The van der Waals surface area contributed by atoms with Crippen molar-refractivity contribution in [2.45, 2.75) is 32.9 Å². The average molecular weight is 527 g/mol. The zero-order valence-corrected chi connectivity index (χ0v) is 22.5. The number of thiophene rings is 1. The Morgan fingerprint density at radius 2 is 1.89 bits per heavy atom. The molecule has 1 aromatic carbocycles. The number of urea groups is 1. The number of nitrogens with one attached hydrogen (secondary N) is 1. The third-order valence-electron chi connectivity index (χ3n) is 6.81. The van der Waals surface area contributed by atoms with Crippen molar-refractivity contribution in [3.05, 3.63) is 63.5 Å². The summed E-state index contributed by atoms with van der Waals surface area (Å²) in [5.74, 6) is 0.261. The zero-order chi connectivity index (χ0) is 26.5. The molecule has 0 saturated carbocycles. The molecule has 0 aliphatic carbocycles. The van der Waals surface area contributed by atoms with Gasteiger partial charge in [0.25, 0.3) is 5.91 Å². The van der Waals surface area contributed by atoms with E-state index in [-0.39, 0.29) is 24.6 Å². The first kappa shape index (κ1) is 26.7. The van der Waals surface area contributed by atoms with Gasteiger partial charge in [0.2, 0.25) is 0 Å². The predicted octanol–water partition coefficient (Wildman–Crippen LogP) is 3.51. The van der Waals surface area contributed by atoms with Crippen LogP contribution in [0, 0.1) is 0 Å². The number of benzene rings is 1. The predicted molar refractivity (Wildman–Crippen MR) is 142 cm³/mol. The van der Waals surface area contributed by atoms with Gasteiger partial charge in [-0.05, 0) is 67.4 Å². The second-order valence-corrected chi connectivity index (χ2v) is 9.86. The monoisotopic (exact) mass is 526 g/mol. The number of hydrogen-bond acceptors (Lipinski definition) is 7. The van der Waals surface area contributed by atoms with Crippen LogP contribution >= 0.6 is 11.3 Å². The van der Waals surface area contributed by atoms with E-state index in [0.29, 0.717) is 55.3 Å². The van der Waals surface area contributed by atoms with Gasteiger partial charge in [-0.25, -0.2) is 9.59 Å². The first-order chi connectivity index (χ1) is 17.9. The summed E-state index contributed by atoms with van der Waals surface area (Å²) < 4.78 is 10.6. The van der Waals surface area contributed by atoms with Gasteiger partial charge in [0.05, 0.1) is 25.3 Å². The van der Waals surface area contributed by atoms with Gasteiger partial charge >= 0.3 is 12.0 Å². The molecule has 0 bridgehead atoms. The Kier molecular flexibility index (Phi) is 8.50. The van der Waals surface area contributed by atoms with Crippen LogP contribution in [0.2, 0.25) is 0 Å². The highest BCUT2D eigenvalue weighted by Gasteiger charge is 2.39. The second kappa shape index (κ2) is 11.8. The van der Waals surface area contributed by atoms with E-state index in [1.807, 2.05) is 35.6 Å². The number of methoxy groups -OCH3 is 1. The lowest BCUT2D eigenvalue weighted by molar-refractivity contribution is -0.139. The Morgan fingerprint density at radius 3 is 2.49 bits per heavy atom. The maximum absolute atomic E-state index is 13.2. The molecule has 2 atom stereocenters. The fourth-order valence-corrected chi connectivity index (χ4v) is 5.62. The van der Waals surface area contributed by atoms with E-state index in [2.05, 4.69) is 10.2 Å². The van der Waals surface area contributed by atoms with Crippen LogP contribution in [0.1, 0.15) is 42.7 Å². The number of piperazine rings is 1. The van der Waals surface area contributed by atoms with E-state index in [0.717, 1.165) is 5.56 Å². The molecule has 0 spiro atoms. The van der Waals surface area contributed by atoms with Gasteiger partial charge in [0, 0.05) is 50.0 Å². The van der Waals surface area contributed by atoms with Crippen LogP contribution in [0.15, 0.2) is 52.4 Å². The van der Waals surface area contributed by atoms with Gasteiger partial charge in [-0.15, -0.1) is 0 Å². The highest BCUT2D eigenvalue weighted by Crippen LogP contribution is 2.33. The van der Waals surface area contributed by atoms with E-state index < -0.39 is 12.0 Å². The molecule has 1 saturated heterocycles. The van der Waals surface area contributed by atoms with Crippen LogP contribution < -0.4 is 10.1 Å². The van der Waals surface area contributed by atoms with E-state index in [1.54, 1.807) is 43.2 Å². The summed E-state index contributed by atoms with van der Waals surface area (Å²) in [5, 5.41) is 6.86. The smallest absolute Gasteiger partial charge is 0.338 e. The minimum absolute atomic E-state index is 0.0222. The molecule has 3 amide bonds. The molecule has 2 aliphatic heterocycles. The molecule has 2 unspecified atom stereocenters. The number of carbonyl (C=O) groups excluding carboxylic acids is 3. The number of carbonyl (C=O) groups is 3. The quantitative estimate of drug-likeness (QED) is 0.530. The topological polar surface area (TPSA) is 91.4 Å². The summed E-state index contributed by atoms with van der Waals surface area (Å²) in [4.78, 5) is 45.1. The number of rotatable bonds is 8. The van der Waals surface area contributed by atoms with E-state index in [9.17, 15) is 14.4 Å². The minimum atomic E-state index is -0.564. The normalized spacial score (nSPS) is 20.6. The average Bonchev–Trinajstić information content (AvgIpc) is 3.43. The summed E-state index contributed by atoms with van der Waals surface area (Å²) in [6, 6.07) is 8.20. The molecule has 4 rings (SSSR count). The molecule has 2 aromatic rings. The van der Waals surface area contributed by atoms with Crippen LogP contribution in [0.25, 0.3) is 0 Å². The Hall–Kier alpha value is -3.37. The van der Waals surface area contributed by atoms with Crippen molar-refractivity contribution in [2.24, 2.45) is 0 Å². The Morgan fingerprint density at radius 1 is 1.14 bits per heavy atom. The van der Waals surface area contributed by atoms with Crippen molar-refractivity contribution in [1.29, 1.82) is 0 Å². The fourth-order valence-electron chi connectivity index (χ4n) is 4.94. The number of likely N-dealkylation sites (N-methyl/N-ethyl adjacent to an activating group) is 1.